The summed E-state index contributed by atoms with van der Waals surface area (Å²) in [5, 5.41) is 12.2. The van der Waals surface area contributed by atoms with Gasteiger partial charge < -0.3 is 19.9 Å². The summed E-state index contributed by atoms with van der Waals surface area (Å²) in [6.45, 7) is 0.224. The van der Waals surface area contributed by atoms with Crippen LogP contribution in [-0.2, 0) is 0 Å². The van der Waals surface area contributed by atoms with Gasteiger partial charge in [-0.1, -0.05) is 0 Å². The van der Waals surface area contributed by atoms with E-state index in [2.05, 4.69) is 5.32 Å². The van der Waals surface area contributed by atoms with Gasteiger partial charge in [0, 0.05) is 19.2 Å². The van der Waals surface area contributed by atoms with Crippen molar-refractivity contribution in [2.45, 2.75) is 0 Å². The Balaban J connectivity index is 2.49. The highest BCUT2D eigenvalue weighted by Gasteiger charge is 2.15. The molecule has 2 N–H and O–H groups in total. The predicted octanol–water partition coefficient (Wildman–Crippen LogP) is 1.16. The fraction of sp³-hybridized carbons (Fsp3) is 0.250. The summed E-state index contributed by atoms with van der Waals surface area (Å²) in [4.78, 5) is 0. The first-order valence-corrected chi connectivity index (χ1v) is 3.61. The van der Waals surface area contributed by atoms with Gasteiger partial charge in [0.1, 0.15) is 5.75 Å². The smallest absolute Gasteiger partial charge is 0.231 e. The van der Waals surface area contributed by atoms with Crippen molar-refractivity contribution in [3.63, 3.8) is 0 Å². The van der Waals surface area contributed by atoms with E-state index in [1.807, 2.05) is 0 Å². The van der Waals surface area contributed by atoms with Crippen LogP contribution in [0.25, 0.3) is 0 Å². The van der Waals surface area contributed by atoms with Gasteiger partial charge >= 0.3 is 0 Å². The monoisotopic (exact) mass is 167 g/mol. The van der Waals surface area contributed by atoms with Crippen LogP contribution >= 0.6 is 0 Å². The number of rotatable bonds is 1. The SMILES string of the molecule is CNc1cc2c(cc1O)OCO2. The molecule has 2 rings (SSSR count). The summed E-state index contributed by atoms with van der Waals surface area (Å²) in [6, 6.07) is 3.24. The van der Waals surface area contributed by atoms with Gasteiger partial charge in [-0.05, 0) is 0 Å². The van der Waals surface area contributed by atoms with Crippen molar-refractivity contribution in [2.24, 2.45) is 0 Å². The van der Waals surface area contributed by atoms with Crippen LogP contribution in [0.15, 0.2) is 12.1 Å². The Morgan fingerprint density at radius 3 is 2.67 bits per heavy atom. The highest BCUT2D eigenvalue weighted by Crippen LogP contribution is 2.39. The van der Waals surface area contributed by atoms with Crippen molar-refractivity contribution < 1.29 is 14.6 Å². The summed E-state index contributed by atoms with van der Waals surface area (Å²) in [5.74, 6) is 1.42. The number of nitrogens with one attached hydrogen (secondary N) is 1. The summed E-state index contributed by atoms with van der Waals surface area (Å²) in [5.41, 5.74) is 0.638. The lowest BCUT2D eigenvalue weighted by Crippen LogP contribution is -1.93. The highest BCUT2D eigenvalue weighted by atomic mass is 16.7. The number of benzene rings is 1. The quantitative estimate of drug-likeness (QED) is 0.616. The van der Waals surface area contributed by atoms with Crippen LogP contribution in [0.4, 0.5) is 5.69 Å². The maximum atomic E-state index is 9.38. The number of fused-ring (bicyclic) bond motifs is 1. The fourth-order valence-corrected chi connectivity index (χ4v) is 1.13. The molecule has 1 heterocycles. The van der Waals surface area contributed by atoms with E-state index in [0.717, 1.165) is 0 Å². The second-order valence-corrected chi connectivity index (χ2v) is 2.47. The van der Waals surface area contributed by atoms with Crippen LogP contribution in [0.1, 0.15) is 0 Å². The topological polar surface area (TPSA) is 50.7 Å². The molecule has 1 aromatic rings. The van der Waals surface area contributed by atoms with Gasteiger partial charge in [-0.2, -0.15) is 0 Å². The molecule has 0 saturated heterocycles. The zero-order chi connectivity index (χ0) is 8.55. The first-order valence-electron chi connectivity index (χ1n) is 3.61. The molecular formula is C8H9NO3. The number of phenolic OH excluding ortho intramolecular Hbond substituents is 1. The Kier molecular flexibility index (Phi) is 1.46. The maximum Gasteiger partial charge on any atom is 0.231 e. The van der Waals surface area contributed by atoms with Gasteiger partial charge in [0.05, 0.1) is 5.69 Å². The molecule has 1 aromatic carbocycles. The lowest BCUT2D eigenvalue weighted by Gasteiger charge is -2.04. The number of phenols is 1. The van der Waals surface area contributed by atoms with E-state index < -0.39 is 0 Å². The first-order chi connectivity index (χ1) is 5.81. The Labute approximate surface area is 69.7 Å². The number of anilines is 1. The molecule has 4 heteroatoms. The van der Waals surface area contributed by atoms with E-state index >= 15 is 0 Å². The molecule has 64 valence electrons. The minimum absolute atomic E-state index is 0.168. The van der Waals surface area contributed by atoms with Crippen molar-refractivity contribution >= 4 is 5.69 Å². The summed E-state index contributed by atoms with van der Waals surface area (Å²) >= 11 is 0. The standard InChI is InChI=1S/C8H9NO3/c1-9-5-2-7-8(3-6(5)10)12-4-11-7/h2-3,9-10H,4H2,1H3. The molecule has 0 bridgehead atoms. The van der Waals surface area contributed by atoms with E-state index in [1.165, 1.54) is 6.07 Å². The fourth-order valence-electron chi connectivity index (χ4n) is 1.13. The highest BCUT2D eigenvalue weighted by molar-refractivity contribution is 5.64. The second kappa shape index (κ2) is 2.48. The molecule has 0 radical (unpaired) electrons. The molecule has 0 amide bonds. The van der Waals surface area contributed by atoms with Crippen molar-refractivity contribution in [2.75, 3.05) is 19.2 Å². The molecule has 0 unspecified atom stereocenters. The van der Waals surface area contributed by atoms with E-state index in [4.69, 9.17) is 9.47 Å². The third kappa shape index (κ3) is 0.922. The normalized spacial score (nSPS) is 13.1. The van der Waals surface area contributed by atoms with Crippen molar-refractivity contribution in [3.8, 4) is 17.2 Å². The summed E-state index contributed by atoms with van der Waals surface area (Å²) < 4.78 is 10.2. The predicted molar refractivity (Wildman–Crippen MR) is 43.8 cm³/mol. The minimum Gasteiger partial charge on any atom is -0.506 e. The third-order valence-electron chi connectivity index (χ3n) is 1.76. The van der Waals surface area contributed by atoms with Gasteiger partial charge in [-0.15, -0.1) is 0 Å². The van der Waals surface area contributed by atoms with Crippen LogP contribution < -0.4 is 14.8 Å². The largest absolute Gasteiger partial charge is 0.506 e. The summed E-state index contributed by atoms with van der Waals surface area (Å²) in [6.07, 6.45) is 0. The van der Waals surface area contributed by atoms with E-state index in [-0.39, 0.29) is 12.5 Å². The molecule has 0 fully saturated rings. The van der Waals surface area contributed by atoms with Crippen molar-refractivity contribution in [1.29, 1.82) is 0 Å². The van der Waals surface area contributed by atoms with Crippen LogP contribution in [0.3, 0.4) is 0 Å². The summed E-state index contributed by atoms with van der Waals surface area (Å²) in [7, 11) is 1.73. The molecule has 1 aliphatic heterocycles. The molecular weight excluding hydrogens is 158 g/mol. The maximum absolute atomic E-state index is 9.38. The number of ether oxygens (including phenoxy) is 2. The van der Waals surface area contributed by atoms with Gasteiger partial charge in [0.15, 0.2) is 11.5 Å². The van der Waals surface area contributed by atoms with Crippen LogP contribution in [-0.4, -0.2) is 18.9 Å². The molecule has 0 saturated carbocycles. The first kappa shape index (κ1) is 7.09. The zero-order valence-electron chi connectivity index (χ0n) is 6.63. The Bertz CT molecular complexity index is 311. The van der Waals surface area contributed by atoms with Crippen LogP contribution in [0.5, 0.6) is 17.2 Å². The van der Waals surface area contributed by atoms with E-state index in [0.29, 0.717) is 17.2 Å². The Morgan fingerprint density at radius 2 is 2.00 bits per heavy atom. The lowest BCUT2D eigenvalue weighted by molar-refractivity contribution is 0.174. The Morgan fingerprint density at radius 1 is 1.33 bits per heavy atom. The lowest BCUT2D eigenvalue weighted by atomic mass is 10.2. The third-order valence-corrected chi connectivity index (χ3v) is 1.76. The number of aromatic hydroxyl groups is 1. The molecule has 12 heavy (non-hydrogen) atoms. The van der Waals surface area contributed by atoms with E-state index in [1.54, 1.807) is 13.1 Å². The van der Waals surface area contributed by atoms with Gasteiger partial charge in [0.2, 0.25) is 6.79 Å². The second-order valence-electron chi connectivity index (χ2n) is 2.47. The van der Waals surface area contributed by atoms with Crippen molar-refractivity contribution in [3.05, 3.63) is 12.1 Å². The molecule has 0 atom stereocenters. The molecule has 0 aliphatic carbocycles. The van der Waals surface area contributed by atoms with Crippen LogP contribution in [0, 0.1) is 0 Å². The van der Waals surface area contributed by atoms with Crippen LogP contribution in [0.2, 0.25) is 0 Å². The number of hydrogen-bond acceptors (Lipinski definition) is 4. The average Bonchev–Trinajstić information content (AvgIpc) is 2.49. The zero-order valence-corrected chi connectivity index (χ0v) is 6.63. The molecule has 0 spiro atoms. The van der Waals surface area contributed by atoms with E-state index in [9.17, 15) is 5.11 Å². The average molecular weight is 167 g/mol. The molecule has 0 aromatic heterocycles. The number of hydrogen-bond donors (Lipinski definition) is 2. The minimum atomic E-state index is 0.168. The van der Waals surface area contributed by atoms with Gasteiger partial charge in [0.25, 0.3) is 0 Å². The Hall–Kier alpha value is -1.58. The van der Waals surface area contributed by atoms with Crippen molar-refractivity contribution in [1.82, 2.24) is 0 Å². The van der Waals surface area contributed by atoms with Gasteiger partial charge in [-0.3, -0.25) is 0 Å². The molecule has 4 nitrogen and oxygen atoms in total. The molecule has 1 aliphatic rings. The van der Waals surface area contributed by atoms with Gasteiger partial charge in [-0.25, -0.2) is 0 Å².